The average molecular weight is 283 g/mol. The minimum Gasteiger partial charge on any atom is -0.388 e. The Kier molecular flexibility index (Phi) is 5.35. The van der Waals surface area contributed by atoms with Crippen molar-refractivity contribution < 1.29 is 5.11 Å². The third-order valence-corrected chi connectivity index (χ3v) is 2.96. The van der Waals surface area contributed by atoms with Crippen molar-refractivity contribution in [1.29, 1.82) is 0 Å². The van der Waals surface area contributed by atoms with Gasteiger partial charge >= 0.3 is 0 Å². The molecule has 3 N–H and O–H groups in total. The molecule has 0 bridgehead atoms. The van der Waals surface area contributed by atoms with Crippen LogP contribution in [-0.2, 0) is 3.79 Å². The molecule has 0 amide bonds. The van der Waals surface area contributed by atoms with E-state index in [1.807, 2.05) is 0 Å². The predicted octanol–water partition coefficient (Wildman–Crippen LogP) is 3.29. The SMILES string of the molecule is NCCCC(O)c1ccc(C(Cl)(Cl)Cl)cc1. The molecule has 0 aromatic heterocycles. The lowest BCUT2D eigenvalue weighted by Gasteiger charge is -2.14. The largest absolute Gasteiger partial charge is 0.388 e. The molecule has 0 spiro atoms. The van der Waals surface area contributed by atoms with Gasteiger partial charge in [0.15, 0.2) is 0 Å². The van der Waals surface area contributed by atoms with E-state index in [2.05, 4.69) is 0 Å². The van der Waals surface area contributed by atoms with Gasteiger partial charge in [0.1, 0.15) is 0 Å². The van der Waals surface area contributed by atoms with Gasteiger partial charge in [0.2, 0.25) is 3.79 Å². The Hall–Kier alpha value is 0.01000. The van der Waals surface area contributed by atoms with Gasteiger partial charge in [-0.15, -0.1) is 0 Å². The molecule has 90 valence electrons. The summed E-state index contributed by atoms with van der Waals surface area (Å²) in [5, 5.41) is 9.79. The lowest BCUT2D eigenvalue weighted by molar-refractivity contribution is 0.165. The number of rotatable bonds is 4. The fraction of sp³-hybridized carbons (Fsp3) is 0.455. The smallest absolute Gasteiger partial charge is 0.216 e. The van der Waals surface area contributed by atoms with E-state index >= 15 is 0 Å². The Morgan fingerprint density at radius 2 is 1.75 bits per heavy atom. The highest BCUT2D eigenvalue weighted by molar-refractivity contribution is 6.66. The number of aliphatic hydroxyl groups is 1. The summed E-state index contributed by atoms with van der Waals surface area (Å²) in [7, 11) is 0. The second kappa shape index (κ2) is 6.08. The van der Waals surface area contributed by atoms with Crippen LogP contribution in [0.2, 0.25) is 0 Å². The number of hydrogen-bond acceptors (Lipinski definition) is 2. The minimum atomic E-state index is -1.42. The summed E-state index contributed by atoms with van der Waals surface area (Å²) >= 11 is 17.2. The molecule has 1 aromatic carbocycles. The van der Waals surface area contributed by atoms with E-state index in [0.717, 1.165) is 12.0 Å². The highest BCUT2D eigenvalue weighted by Crippen LogP contribution is 2.38. The van der Waals surface area contributed by atoms with Crippen molar-refractivity contribution in [3.05, 3.63) is 35.4 Å². The summed E-state index contributed by atoms with van der Waals surface area (Å²) in [5.74, 6) is 0. The molecule has 0 heterocycles. The first-order chi connectivity index (χ1) is 7.45. The fourth-order valence-electron chi connectivity index (χ4n) is 1.37. The van der Waals surface area contributed by atoms with Crippen LogP contribution in [0.5, 0.6) is 0 Å². The summed E-state index contributed by atoms with van der Waals surface area (Å²) in [4.78, 5) is 0. The van der Waals surface area contributed by atoms with E-state index in [0.29, 0.717) is 18.5 Å². The van der Waals surface area contributed by atoms with Crippen molar-refractivity contribution in [3.8, 4) is 0 Å². The Morgan fingerprint density at radius 1 is 1.19 bits per heavy atom. The summed E-state index contributed by atoms with van der Waals surface area (Å²) in [5.41, 5.74) is 6.77. The zero-order valence-corrected chi connectivity index (χ0v) is 10.9. The summed E-state index contributed by atoms with van der Waals surface area (Å²) < 4.78 is -1.42. The molecule has 1 atom stereocenters. The molecule has 1 unspecified atom stereocenters. The first kappa shape index (κ1) is 14.1. The normalized spacial score (nSPS) is 13.8. The van der Waals surface area contributed by atoms with Gasteiger partial charge < -0.3 is 10.8 Å². The highest BCUT2D eigenvalue weighted by atomic mass is 35.6. The van der Waals surface area contributed by atoms with Gasteiger partial charge in [0.05, 0.1) is 6.10 Å². The molecule has 0 radical (unpaired) electrons. The van der Waals surface area contributed by atoms with Crippen molar-refractivity contribution in [2.75, 3.05) is 6.54 Å². The third-order valence-electron chi connectivity index (χ3n) is 2.30. The van der Waals surface area contributed by atoms with Crippen LogP contribution in [0, 0.1) is 0 Å². The van der Waals surface area contributed by atoms with E-state index in [4.69, 9.17) is 40.5 Å². The average Bonchev–Trinajstić information content (AvgIpc) is 2.25. The lowest BCUT2D eigenvalue weighted by Crippen LogP contribution is -2.05. The van der Waals surface area contributed by atoms with Crippen molar-refractivity contribution in [1.82, 2.24) is 0 Å². The van der Waals surface area contributed by atoms with Crippen molar-refractivity contribution in [2.45, 2.75) is 22.7 Å². The molecular formula is C11H14Cl3NO. The number of nitrogens with two attached hydrogens (primary N) is 1. The van der Waals surface area contributed by atoms with Gasteiger partial charge in [-0.2, -0.15) is 0 Å². The Labute approximate surface area is 110 Å². The van der Waals surface area contributed by atoms with Crippen LogP contribution >= 0.6 is 34.8 Å². The molecule has 0 aliphatic carbocycles. The van der Waals surface area contributed by atoms with Gasteiger partial charge in [-0.3, -0.25) is 0 Å². The molecule has 16 heavy (non-hydrogen) atoms. The molecule has 5 heteroatoms. The summed E-state index contributed by atoms with van der Waals surface area (Å²) in [6.07, 6.45) is 0.921. The molecule has 0 aliphatic rings. The molecular weight excluding hydrogens is 268 g/mol. The van der Waals surface area contributed by atoms with Crippen LogP contribution in [-0.4, -0.2) is 11.7 Å². The zero-order chi connectivity index (χ0) is 12.2. The molecule has 1 aromatic rings. The van der Waals surface area contributed by atoms with Crippen LogP contribution in [0.15, 0.2) is 24.3 Å². The van der Waals surface area contributed by atoms with E-state index in [1.54, 1.807) is 24.3 Å². The minimum absolute atomic E-state index is 0.507. The zero-order valence-electron chi connectivity index (χ0n) is 8.67. The summed E-state index contributed by atoms with van der Waals surface area (Å²) in [6.45, 7) is 0.573. The number of aliphatic hydroxyl groups excluding tert-OH is 1. The van der Waals surface area contributed by atoms with Crippen LogP contribution in [0.3, 0.4) is 0 Å². The van der Waals surface area contributed by atoms with Crippen molar-refractivity contribution in [2.24, 2.45) is 5.73 Å². The number of benzene rings is 1. The van der Waals surface area contributed by atoms with Crippen LogP contribution in [0.25, 0.3) is 0 Å². The Morgan fingerprint density at radius 3 is 2.19 bits per heavy atom. The van der Waals surface area contributed by atoms with Gasteiger partial charge in [-0.05, 0) is 24.9 Å². The predicted molar refractivity (Wildman–Crippen MR) is 68.9 cm³/mol. The monoisotopic (exact) mass is 281 g/mol. The lowest BCUT2D eigenvalue weighted by atomic mass is 10.0. The van der Waals surface area contributed by atoms with Gasteiger partial charge in [-0.25, -0.2) is 0 Å². The van der Waals surface area contributed by atoms with Gasteiger partial charge in [0.25, 0.3) is 0 Å². The molecule has 0 fully saturated rings. The van der Waals surface area contributed by atoms with Gasteiger partial charge in [-0.1, -0.05) is 59.1 Å². The quantitative estimate of drug-likeness (QED) is 0.833. The molecule has 0 saturated heterocycles. The Balaban J connectivity index is 2.71. The maximum Gasteiger partial charge on any atom is 0.216 e. The van der Waals surface area contributed by atoms with Crippen molar-refractivity contribution >= 4 is 34.8 Å². The second-order valence-corrected chi connectivity index (χ2v) is 5.85. The second-order valence-electron chi connectivity index (χ2n) is 3.57. The molecule has 0 aliphatic heterocycles. The first-order valence-corrected chi connectivity index (χ1v) is 6.14. The van der Waals surface area contributed by atoms with E-state index in [9.17, 15) is 5.11 Å². The van der Waals surface area contributed by atoms with Crippen LogP contribution in [0.1, 0.15) is 30.1 Å². The van der Waals surface area contributed by atoms with E-state index < -0.39 is 9.90 Å². The molecule has 2 nitrogen and oxygen atoms in total. The van der Waals surface area contributed by atoms with Gasteiger partial charge in [0, 0.05) is 5.56 Å². The summed E-state index contributed by atoms with van der Waals surface area (Å²) in [6, 6.07) is 6.93. The maximum atomic E-state index is 9.79. The first-order valence-electron chi connectivity index (χ1n) is 5.00. The fourth-order valence-corrected chi connectivity index (χ4v) is 1.75. The number of halogens is 3. The van der Waals surface area contributed by atoms with Crippen LogP contribution in [0.4, 0.5) is 0 Å². The van der Waals surface area contributed by atoms with E-state index in [-0.39, 0.29) is 0 Å². The van der Waals surface area contributed by atoms with Crippen LogP contribution < -0.4 is 5.73 Å². The van der Waals surface area contributed by atoms with Crippen molar-refractivity contribution in [3.63, 3.8) is 0 Å². The number of hydrogen-bond donors (Lipinski definition) is 2. The topological polar surface area (TPSA) is 46.2 Å². The molecule has 1 rings (SSSR count). The highest BCUT2D eigenvalue weighted by Gasteiger charge is 2.22. The number of alkyl halides is 3. The standard InChI is InChI=1S/C11H14Cl3NO/c12-11(13,14)9-5-3-8(4-6-9)10(16)2-1-7-15/h3-6,10,16H,1-2,7,15H2. The van der Waals surface area contributed by atoms with E-state index in [1.165, 1.54) is 0 Å². The third kappa shape index (κ3) is 4.11. The Bertz CT molecular complexity index is 321. The maximum absolute atomic E-state index is 9.79. The molecule has 0 saturated carbocycles.